The number of anilines is 1. The van der Waals surface area contributed by atoms with Gasteiger partial charge < -0.3 is 20.6 Å². The van der Waals surface area contributed by atoms with E-state index in [9.17, 15) is 0 Å². The lowest BCUT2D eigenvalue weighted by Gasteiger charge is -2.32. The van der Waals surface area contributed by atoms with Crippen LogP contribution in [0.5, 0.6) is 0 Å². The van der Waals surface area contributed by atoms with Gasteiger partial charge in [-0.2, -0.15) is 0 Å². The Bertz CT molecular complexity index is 482. The van der Waals surface area contributed by atoms with Crippen LogP contribution in [0.4, 0.5) is 5.82 Å². The number of hydrogen-bond donors (Lipinski definition) is 2. The molecule has 0 aromatic carbocycles. The fourth-order valence-electron chi connectivity index (χ4n) is 2.58. The summed E-state index contributed by atoms with van der Waals surface area (Å²) in [6.45, 7) is 4.65. The van der Waals surface area contributed by atoms with Gasteiger partial charge in [-0.15, -0.1) is 0 Å². The molecule has 1 aliphatic heterocycles. The second kappa shape index (κ2) is 6.56. The molecule has 0 aliphatic carbocycles. The second-order valence-corrected chi connectivity index (χ2v) is 5.23. The molecule has 1 saturated heterocycles. The number of nitrogens with zero attached hydrogens (tertiary/aromatic N) is 3. The fraction of sp³-hybridized carbons (Fsp3) is 0.571. The van der Waals surface area contributed by atoms with Crippen LogP contribution in [0.2, 0.25) is 0 Å². The van der Waals surface area contributed by atoms with Crippen LogP contribution < -0.4 is 10.6 Å². The predicted octanol–water partition coefficient (Wildman–Crippen LogP) is 1.35. The first-order chi connectivity index (χ1) is 9.63. The topological polar surface area (TPSA) is 84.0 Å². The minimum Gasteiger partial charge on any atom is -0.409 e. The van der Waals surface area contributed by atoms with Crippen molar-refractivity contribution in [3.8, 4) is 0 Å². The summed E-state index contributed by atoms with van der Waals surface area (Å²) in [5.74, 6) is 1.64. The highest BCUT2D eigenvalue weighted by Crippen LogP contribution is 2.23. The molecule has 6 nitrogen and oxygen atoms in total. The van der Waals surface area contributed by atoms with Crippen LogP contribution in [0.25, 0.3) is 0 Å². The predicted molar refractivity (Wildman–Crippen MR) is 78.3 cm³/mol. The lowest BCUT2D eigenvalue weighted by Crippen LogP contribution is -2.35. The summed E-state index contributed by atoms with van der Waals surface area (Å²) < 4.78 is 5.21. The van der Waals surface area contributed by atoms with Crippen molar-refractivity contribution in [1.29, 1.82) is 0 Å². The van der Waals surface area contributed by atoms with Gasteiger partial charge in [-0.05, 0) is 37.8 Å². The van der Waals surface area contributed by atoms with Gasteiger partial charge in [-0.3, -0.25) is 0 Å². The first kappa shape index (κ1) is 14.6. The van der Waals surface area contributed by atoms with Gasteiger partial charge in [0.2, 0.25) is 0 Å². The first-order valence-electron chi connectivity index (χ1n) is 6.84. The van der Waals surface area contributed by atoms with Crippen molar-refractivity contribution in [2.75, 3.05) is 31.7 Å². The molecule has 3 N–H and O–H groups in total. The molecule has 1 aromatic rings. The molecule has 6 heteroatoms. The Hall–Kier alpha value is -1.82. The zero-order valence-corrected chi connectivity index (χ0v) is 12.0. The molecule has 0 atom stereocenters. The summed E-state index contributed by atoms with van der Waals surface area (Å²) in [5, 5.41) is 11.8. The Morgan fingerprint density at radius 3 is 2.80 bits per heavy atom. The van der Waals surface area contributed by atoms with Gasteiger partial charge in [0.1, 0.15) is 5.82 Å². The van der Waals surface area contributed by atoms with E-state index in [-0.39, 0.29) is 5.84 Å². The SMILES string of the molecule is COCC1CCN(c2cc(/C(N)=N/O)cc(C)n2)CC1. The van der Waals surface area contributed by atoms with Crippen molar-refractivity contribution in [3.05, 3.63) is 23.4 Å². The molecular weight excluding hydrogens is 256 g/mol. The number of methoxy groups -OCH3 is 1. The van der Waals surface area contributed by atoms with E-state index in [4.69, 9.17) is 15.7 Å². The number of piperidine rings is 1. The largest absolute Gasteiger partial charge is 0.409 e. The van der Waals surface area contributed by atoms with E-state index < -0.39 is 0 Å². The monoisotopic (exact) mass is 278 g/mol. The number of aryl methyl sites for hydroxylation is 1. The van der Waals surface area contributed by atoms with Gasteiger partial charge in [0.25, 0.3) is 0 Å². The highest BCUT2D eigenvalue weighted by atomic mass is 16.5. The lowest BCUT2D eigenvalue weighted by atomic mass is 9.98. The van der Waals surface area contributed by atoms with Crippen molar-refractivity contribution in [2.45, 2.75) is 19.8 Å². The van der Waals surface area contributed by atoms with E-state index >= 15 is 0 Å². The van der Waals surface area contributed by atoms with Crippen LogP contribution in [0.15, 0.2) is 17.3 Å². The maximum Gasteiger partial charge on any atom is 0.170 e. The van der Waals surface area contributed by atoms with Gasteiger partial charge in [0, 0.05) is 38.1 Å². The Kier molecular flexibility index (Phi) is 4.79. The fourth-order valence-corrected chi connectivity index (χ4v) is 2.58. The molecule has 1 aliphatic rings. The first-order valence-corrected chi connectivity index (χ1v) is 6.84. The second-order valence-electron chi connectivity index (χ2n) is 5.23. The van der Waals surface area contributed by atoms with Crippen LogP contribution in [0.3, 0.4) is 0 Å². The summed E-state index contributed by atoms with van der Waals surface area (Å²) in [5.41, 5.74) is 7.23. The molecule has 20 heavy (non-hydrogen) atoms. The van der Waals surface area contributed by atoms with E-state index in [0.29, 0.717) is 11.5 Å². The summed E-state index contributed by atoms with van der Waals surface area (Å²) in [6.07, 6.45) is 2.20. The van der Waals surface area contributed by atoms with Crippen molar-refractivity contribution < 1.29 is 9.94 Å². The molecule has 0 radical (unpaired) electrons. The maximum absolute atomic E-state index is 8.79. The molecule has 2 rings (SSSR count). The van der Waals surface area contributed by atoms with E-state index in [0.717, 1.165) is 44.0 Å². The van der Waals surface area contributed by atoms with Gasteiger partial charge in [0.05, 0.1) is 0 Å². The Balaban J connectivity index is 2.12. The van der Waals surface area contributed by atoms with E-state index in [1.54, 1.807) is 7.11 Å². The van der Waals surface area contributed by atoms with Gasteiger partial charge in [-0.1, -0.05) is 5.16 Å². The van der Waals surface area contributed by atoms with Crippen molar-refractivity contribution in [1.82, 2.24) is 4.98 Å². The minimum atomic E-state index is 0.117. The number of nitrogens with two attached hydrogens (primary N) is 1. The molecule has 0 bridgehead atoms. The van der Waals surface area contributed by atoms with Gasteiger partial charge in [0.15, 0.2) is 5.84 Å². The molecule has 1 aromatic heterocycles. The van der Waals surface area contributed by atoms with Crippen molar-refractivity contribution in [3.63, 3.8) is 0 Å². The molecule has 0 amide bonds. The Morgan fingerprint density at radius 2 is 2.20 bits per heavy atom. The van der Waals surface area contributed by atoms with Gasteiger partial charge in [-0.25, -0.2) is 4.98 Å². The number of pyridine rings is 1. The summed E-state index contributed by atoms with van der Waals surface area (Å²) in [4.78, 5) is 6.79. The zero-order chi connectivity index (χ0) is 14.5. The summed E-state index contributed by atoms with van der Waals surface area (Å²) >= 11 is 0. The van der Waals surface area contributed by atoms with Crippen molar-refractivity contribution in [2.24, 2.45) is 16.8 Å². The molecule has 110 valence electrons. The number of hydrogen-bond acceptors (Lipinski definition) is 5. The molecule has 0 spiro atoms. The average molecular weight is 278 g/mol. The number of aromatic nitrogens is 1. The summed E-state index contributed by atoms with van der Waals surface area (Å²) in [6, 6.07) is 3.69. The molecule has 0 unspecified atom stereocenters. The Morgan fingerprint density at radius 1 is 1.50 bits per heavy atom. The third-order valence-electron chi connectivity index (χ3n) is 3.68. The number of amidine groups is 1. The smallest absolute Gasteiger partial charge is 0.170 e. The normalized spacial score (nSPS) is 17.5. The minimum absolute atomic E-state index is 0.117. The van der Waals surface area contributed by atoms with E-state index in [1.807, 2.05) is 19.1 Å². The highest BCUT2D eigenvalue weighted by molar-refractivity contribution is 5.97. The zero-order valence-electron chi connectivity index (χ0n) is 12.0. The number of ether oxygens (including phenoxy) is 1. The van der Waals surface area contributed by atoms with Crippen molar-refractivity contribution >= 4 is 11.7 Å². The third kappa shape index (κ3) is 3.39. The third-order valence-corrected chi connectivity index (χ3v) is 3.68. The van der Waals surface area contributed by atoms with Crippen LogP contribution in [-0.4, -0.2) is 42.8 Å². The quantitative estimate of drug-likeness (QED) is 0.376. The van der Waals surface area contributed by atoms with E-state index in [2.05, 4.69) is 15.0 Å². The molecule has 0 saturated carbocycles. The number of oxime groups is 1. The molecule has 1 fully saturated rings. The molecular formula is C14H22N4O2. The number of rotatable bonds is 4. The molecule has 2 heterocycles. The Labute approximate surface area is 119 Å². The van der Waals surface area contributed by atoms with Gasteiger partial charge >= 0.3 is 0 Å². The van der Waals surface area contributed by atoms with Crippen LogP contribution in [-0.2, 0) is 4.74 Å². The summed E-state index contributed by atoms with van der Waals surface area (Å²) in [7, 11) is 1.75. The van der Waals surface area contributed by atoms with Crippen LogP contribution >= 0.6 is 0 Å². The van der Waals surface area contributed by atoms with E-state index in [1.165, 1.54) is 0 Å². The standard InChI is InChI=1S/C14H22N4O2/c1-10-7-12(14(15)17-19)8-13(16-10)18-5-3-11(4-6-18)9-20-2/h7-8,11,19H,3-6,9H2,1-2H3,(H2,15,17). The highest BCUT2D eigenvalue weighted by Gasteiger charge is 2.20. The average Bonchev–Trinajstić information content (AvgIpc) is 2.47. The maximum atomic E-state index is 8.79. The van der Waals surface area contributed by atoms with Crippen LogP contribution in [0.1, 0.15) is 24.1 Å². The van der Waals surface area contributed by atoms with Crippen LogP contribution in [0, 0.1) is 12.8 Å². The lowest BCUT2D eigenvalue weighted by molar-refractivity contribution is 0.139.